The Morgan fingerprint density at radius 2 is 0.965 bits per heavy atom. The number of nitrogens with one attached hydrogen (secondary N) is 1. The Kier molecular flexibility index (Phi) is 38.4. The van der Waals surface area contributed by atoms with Crippen molar-refractivity contribution in [3.63, 3.8) is 0 Å². The van der Waals surface area contributed by atoms with E-state index in [4.69, 9.17) is 13.8 Å². The maximum Gasteiger partial charge on any atom is 0.472 e. The summed E-state index contributed by atoms with van der Waals surface area (Å²) in [5.41, 5.74) is 0. The largest absolute Gasteiger partial charge is 0.480 e. The lowest BCUT2D eigenvalue weighted by Gasteiger charge is -2.18. The molecule has 12 heteroatoms. The Morgan fingerprint density at radius 3 is 1.47 bits per heavy atom. The second-order valence-electron chi connectivity index (χ2n) is 14.9. The van der Waals surface area contributed by atoms with Crippen LogP contribution in [0.4, 0.5) is 0 Å². The average Bonchev–Trinajstić information content (AvgIpc) is 3.18. The topological polar surface area (TPSA) is 169 Å². The summed E-state index contributed by atoms with van der Waals surface area (Å²) in [5.74, 6) is -2.39. The van der Waals surface area contributed by atoms with Crippen molar-refractivity contribution < 1.29 is 47.8 Å². The highest BCUT2D eigenvalue weighted by Crippen LogP contribution is 2.43. The van der Waals surface area contributed by atoms with E-state index in [-0.39, 0.29) is 12.8 Å². The summed E-state index contributed by atoms with van der Waals surface area (Å²) in [6.45, 7) is 2.53. The minimum absolute atomic E-state index is 0.146. The third-order valence-electron chi connectivity index (χ3n) is 9.37. The monoisotopic (exact) mass is 826 g/mol. The van der Waals surface area contributed by atoms with Gasteiger partial charge in [0.1, 0.15) is 12.7 Å². The molecule has 0 saturated heterocycles. The highest BCUT2D eigenvalue weighted by Gasteiger charge is 2.28. The maximum absolute atomic E-state index is 12.3. The van der Waals surface area contributed by atoms with Crippen LogP contribution in [0.3, 0.4) is 0 Å². The molecular formula is C45H80NO10P. The highest BCUT2D eigenvalue weighted by molar-refractivity contribution is 7.47. The Labute approximate surface area is 345 Å². The Bertz CT molecular complexity index is 1150. The van der Waals surface area contributed by atoms with Crippen LogP contribution in [-0.2, 0) is 32.7 Å². The van der Waals surface area contributed by atoms with Crippen molar-refractivity contribution >= 4 is 25.7 Å². The van der Waals surface area contributed by atoms with Crippen LogP contribution in [-0.4, -0.2) is 64.9 Å². The van der Waals surface area contributed by atoms with Crippen LogP contribution in [0.5, 0.6) is 0 Å². The number of carboxylic acids is 1. The number of phosphoric acid groups is 1. The van der Waals surface area contributed by atoms with E-state index >= 15 is 0 Å². The van der Waals surface area contributed by atoms with E-state index < -0.39 is 57.6 Å². The van der Waals surface area contributed by atoms with Crippen LogP contribution in [0.15, 0.2) is 48.6 Å². The summed E-state index contributed by atoms with van der Waals surface area (Å²) in [6.07, 6.45) is 44.2. The van der Waals surface area contributed by atoms with E-state index in [2.05, 4.69) is 67.8 Å². The summed E-state index contributed by atoms with van der Waals surface area (Å²) in [6, 6.07) is -1.55. The Morgan fingerprint density at radius 1 is 0.561 bits per heavy atom. The van der Waals surface area contributed by atoms with Crippen LogP contribution in [0, 0.1) is 0 Å². The van der Waals surface area contributed by atoms with Gasteiger partial charge in [0.25, 0.3) is 0 Å². The number of ether oxygens (including phenoxy) is 1. The minimum Gasteiger partial charge on any atom is -0.480 e. The summed E-state index contributed by atoms with van der Waals surface area (Å²) in [5, 5.41) is 21.8. The lowest BCUT2D eigenvalue weighted by molar-refractivity contribution is -0.147. The van der Waals surface area contributed by atoms with Gasteiger partial charge in [-0.25, -0.2) is 9.36 Å². The second-order valence-corrected chi connectivity index (χ2v) is 16.3. The number of carbonyl (C=O) groups is 3. The second kappa shape index (κ2) is 40.2. The van der Waals surface area contributed by atoms with Gasteiger partial charge in [-0.2, -0.15) is 0 Å². The first-order valence-electron chi connectivity index (χ1n) is 22.2. The number of allylic oxidation sites excluding steroid dienone is 8. The molecule has 0 rings (SSSR count). The number of hydrogen-bond donors (Lipinski definition) is 4. The molecule has 0 aromatic rings. The van der Waals surface area contributed by atoms with E-state index in [0.717, 1.165) is 70.6 Å². The number of carbonyl (C=O) groups excluding carboxylic acids is 2. The van der Waals surface area contributed by atoms with Crippen molar-refractivity contribution in [3.05, 3.63) is 48.6 Å². The molecular weight excluding hydrogens is 745 g/mol. The van der Waals surface area contributed by atoms with Crippen LogP contribution >= 0.6 is 7.82 Å². The lowest BCUT2D eigenvalue weighted by atomic mass is 10.0. The van der Waals surface area contributed by atoms with Gasteiger partial charge in [0, 0.05) is 12.8 Å². The molecule has 0 radical (unpaired) electrons. The predicted molar refractivity (Wildman–Crippen MR) is 231 cm³/mol. The van der Waals surface area contributed by atoms with E-state index in [0.29, 0.717) is 12.8 Å². The smallest absolute Gasteiger partial charge is 0.472 e. The molecule has 330 valence electrons. The number of hydrogen-bond acceptors (Lipinski definition) is 8. The quantitative estimate of drug-likeness (QED) is 0.0201. The van der Waals surface area contributed by atoms with Gasteiger partial charge in [-0.15, -0.1) is 0 Å². The van der Waals surface area contributed by atoms with Crippen LogP contribution in [0.2, 0.25) is 0 Å². The molecule has 0 saturated carbocycles. The molecule has 4 N–H and O–H groups in total. The van der Waals surface area contributed by atoms with Gasteiger partial charge in [0.05, 0.1) is 13.2 Å². The standard InChI is InChI=1S/C45H80NO10P/c1-3-5-7-9-11-13-15-17-18-19-20-21-22-23-24-25-27-29-31-33-35-37-44(49)54-38-41(47)39-55-57(52,53)56-40-42(45(50)51)46-43(48)36-34-32-30-28-26-16-14-12-10-8-6-4-2/h11,13,17-18,20-21,23-24,41-42,47H,3-10,12,14-16,19,22,25-40H2,1-2H3,(H,46,48)(H,50,51)(H,52,53)/b13-11-,18-17-,21-20-,24-23-. The molecule has 0 heterocycles. The summed E-state index contributed by atoms with van der Waals surface area (Å²) in [4.78, 5) is 45.8. The fraction of sp³-hybridized carbons (Fsp3) is 0.756. The average molecular weight is 826 g/mol. The van der Waals surface area contributed by atoms with Crippen molar-refractivity contribution in [2.45, 2.75) is 199 Å². The number of phosphoric ester groups is 1. The number of carboxylic acid groups (broad SMARTS) is 1. The first-order chi connectivity index (χ1) is 27.6. The highest BCUT2D eigenvalue weighted by atomic mass is 31.2. The molecule has 11 nitrogen and oxygen atoms in total. The van der Waals surface area contributed by atoms with Crippen molar-refractivity contribution in [2.24, 2.45) is 0 Å². The fourth-order valence-corrected chi connectivity index (χ4v) is 6.66. The van der Waals surface area contributed by atoms with Gasteiger partial charge in [0.15, 0.2) is 6.04 Å². The predicted octanol–water partition coefficient (Wildman–Crippen LogP) is 11.4. The maximum atomic E-state index is 12.3. The van der Waals surface area contributed by atoms with Gasteiger partial charge in [0.2, 0.25) is 5.91 Å². The molecule has 0 bridgehead atoms. The molecule has 0 aliphatic carbocycles. The van der Waals surface area contributed by atoms with Gasteiger partial charge in [-0.1, -0.05) is 165 Å². The minimum atomic E-state index is -4.76. The molecule has 3 atom stereocenters. The van der Waals surface area contributed by atoms with Crippen LogP contribution < -0.4 is 5.32 Å². The first-order valence-corrected chi connectivity index (χ1v) is 23.7. The first kappa shape index (κ1) is 54.4. The zero-order chi connectivity index (χ0) is 42.1. The zero-order valence-corrected chi connectivity index (χ0v) is 36.5. The van der Waals surface area contributed by atoms with E-state index in [1.165, 1.54) is 77.0 Å². The zero-order valence-electron chi connectivity index (χ0n) is 35.6. The molecule has 3 unspecified atom stereocenters. The number of rotatable bonds is 41. The fourth-order valence-electron chi connectivity index (χ4n) is 5.89. The molecule has 0 aliphatic heterocycles. The molecule has 0 spiro atoms. The van der Waals surface area contributed by atoms with Crippen molar-refractivity contribution in [1.29, 1.82) is 0 Å². The van der Waals surface area contributed by atoms with Crippen molar-refractivity contribution in [2.75, 3.05) is 19.8 Å². The van der Waals surface area contributed by atoms with Gasteiger partial charge in [-0.05, 0) is 57.8 Å². The van der Waals surface area contributed by atoms with Crippen LogP contribution in [0.1, 0.15) is 187 Å². The van der Waals surface area contributed by atoms with Crippen LogP contribution in [0.25, 0.3) is 0 Å². The number of aliphatic hydroxyl groups is 1. The molecule has 0 aromatic carbocycles. The summed E-state index contributed by atoms with van der Waals surface area (Å²) >= 11 is 0. The van der Waals surface area contributed by atoms with E-state index in [9.17, 15) is 34.1 Å². The Balaban J connectivity index is 3.91. The van der Waals surface area contributed by atoms with E-state index in [1.807, 2.05) is 0 Å². The molecule has 0 fully saturated rings. The molecule has 1 amide bonds. The SMILES string of the molecule is CCCCC/C=C\C/C=C\C/C=C\C/C=C\CCCCCCCC(=O)OCC(O)COP(=O)(O)OCC(NC(=O)CCCCCCCCCCCCCC)C(=O)O. The van der Waals surface area contributed by atoms with E-state index in [1.54, 1.807) is 0 Å². The lowest BCUT2D eigenvalue weighted by Crippen LogP contribution is -2.43. The van der Waals surface area contributed by atoms with Crippen molar-refractivity contribution in [1.82, 2.24) is 5.32 Å². The number of amides is 1. The molecule has 57 heavy (non-hydrogen) atoms. The van der Waals surface area contributed by atoms with Crippen molar-refractivity contribution in [3.8, 4) is 0 Å². The third-order valence-corrected chi connectivity index (χ3v) is 10.3. The van der Waals surface area contributed by atoms with Gasteiger partial charge in [-0.3, -0.25) is 18.6 Å². The third kappa shape index (κ3) is 40.0. The van der Waals surface area contributed by atoms with Gasteiger partial charge < -0.3 is 25.2 Å². The number of aliphatic carboxylic acids is 1. The molecule has 0 aromatic heterocycles. The normalized spacial score (nSPS) is 14.2. The number of unbranched alkanes of at least 4 members (excludes halogenated alkanes) is 19. The number of esters is 1. The van der Waals surface area contributed by atoms with Gasteiger partial charge >= 0.3 is 19.8 Å². The Hall–Kier alpha value is -2.56. The summed E-state index contributed by atoms with van der Waals surface area (Å²) < 4.78 is 26.8. The molecule has 0 aliphatic rings. The summed E-state index contributed by atoms with van der Waals surface area (Å²) in [7, 11) is -4.76. The number of aliphatic hydroxyl groups excluding tert-OH is 1.